The van der Waals surface area contributed by atoms with Crippen LogP contribution in [0.3, 0.4) is 0 Å². The Morgan fingerprint density at radius 2 is 2.12 bits per heavy atom. The minimum absolute atomic E-state index is 0.322. The van der Waals surface area contributed by atoms with E-state index in [0.29, 0.717) is 12.5 Å². The average Bonchev–Trinajstić information content (AvgIpc) is 2.76. The van der Waals surface area contributed by atoms with Crippen LogP contribution in [-0.4, -0.2) is 12.7 Å². The number of amides is 1. The highest BCUT2D eigenvalue weighted by atomic mass is 79.9. The van der Waals surface area contributed by atoms with E-state index in [0.717, 1.165) is 22.9 Å². The van der Waals surface area contributed by atoms with Crippen molar-refractivity contribution in [3.63, 3.8) is 0 Å². The van der Waals surface area contributed by atoms with Gasteiger partial charge in [-0.3, -0.25) is 0 Å². The van der Waals surface area contributed by atoms with E-state index in [-0.39, 0.29) is 0 Å². The number of ether oxygens (including phenoxy) is 1. The van der Waals surface area contributed by atoms with E-state index in [1.165, 1.54) is 5.56 Å². The second-order valence-electron chi connectivity index (χ2n) is 4.16. The quantitative estimate of drug-likeness (QED) is 0.870. The SMILES string of the molecule is NC(=O)OCC1=CC[C@H](c2ccc(Br)cc2)C1. The summed E-state index contributed by atoms with van der Waals surface area (Å²) < 4.78 is 5.88. The number of hydrogen-bond donors (Lipinski definition) is 1. The standard InChI is InChI=1S/C13H14BrNO2/c14-12-5-3-10(4-6-12)11-2-1-9(7-11)8-17-13(15)16/h1,3-6,11H,2,7-8H2,(H2,15,16)/t11-/m0/s1. The van der Waals surface area contributed by atoms with Gasteiger partial charge < -0.3 is 10.5 Å². The first-order chi connectivity index (χ1) is 8.15. The first kappa shape index (κ1) is 12.2. The van der Waals surface area contributed by atoms with E-state index in [2.05, 4.69) is 34.1 Å². The van der Waals surface area contributed by atoms with E-state index in [4.69, 9.17) is 10.5 Å². The van der Waals surface area contributed by atoms with Gasteiger partial charge in [-0.2, -0.15) is 0 Å². The van der Waals surface area contributed by atoms with Crippen molar-refractivity contribution in [3.05, 3.63) is 46.0 Å². The average molecular weight is 296 g/mol. The van der Waals surface area contributed by atoms with Gasteiger partial charge in [-0.05, 0) is 42.0 Å². The zero-order chi connectivity index (χ0) is 12.3. The highest BCUT2D eigenvalue weighted by Crippen LogP contribution is 2.34. The molecule has 90 valence electrons. The summed E-state index contributed by atoms with van der Waals surface area (Å²) >= 11 is 3.42. The molecule has 0 radical (unpaired) electrons. The molecule has 0 unspecified atom stereocenters. The maximum Gasteiger partial charge on any atom is 0.404 e. The molecule has 0 bridgehead atoms. The highest BCUT2D eigenvalue weighted by Gasteiger charge is 2.19. The van der Waals surface area contributed by atoms with Crippen LogP contribution in [0.25, 0.3) is 0 Å². The van der Waals surface area contributed by atoms with Crippen molar-refractivity contribution < 1.29 is 9.53 Å². The lowest BCUT2D eigenvalue weighted by atomic mass is 9.96. The fraction of sp³-hybridized carbons (Fsp3) is 0.308. The Morgan fingerprint density at radius 1 is 1.41 bits per heavy atom. The minimum Gasteiger partial charge on any atom is -0.445 e. The first-order valence-electron chi connectivity index (χ1n) is 5.51. The van der Waals surface area contributed by atoms with Gasteiger partial charge in [-0.25, -0.2) is 4.79 Å². The van der Waals surface area contributed by atoms with Gasteiger partial charge in [0.2, 0.25) is 0 Å². The minimum atomic E-state index is -0.710. The van der Waals surface area contributed by atoms with Crippen LogP contribution >= 0.6 is 15.9 Å². The van der Waals surface area contributed by atoms with Crippen LogP contribution in [0.5, 0.6) is 0 Å². The van der Waals surface area contributed by atoms with Gasteiger partial charge in [0.1, 0.15) is 6.61 Å². The number of benzene rings is 1. The number of hydrogen-bond acceptors (Lipinski definition) is 2. The maximum atomic E-state index is 10.5. The van der Waals surface area contributed by atoms with Crippen LogP contribution in [0.15, 0.2) is 40.4 Å². The smallest absolute Gasteiger partial charge is 0.404 e. The van der Waals surface area contributed by atoms with E-state index in [1.807, 2.05) is 12.1 Å². The van der Waals surface area contributed by atoms with Crippen molar-refractivity contribution in [3.8, 4) is 0 Å². The monoisotopic (exact) mass is 295 g/mol. The summed E-state index contributed by atoms with van der Waals surface area (Å²) in [6.07, 6.45) is 3.36. The molecule has 0 heterocycles. The van der Waals surface area contributed by atoms with Gasteiger partial charge >= 0.3 is 6.09 Å². The predicted octanol–water partition coefficient (Wildman–Crippen LogP) is 3.35. The van der Waals surface area contributed by atoms with Gasteiger partial charge in [0.15, 0.2) is 0 Å². The molecule has 1 aliphatic carbocycles. The molecule has 1 aliphatic rings. The van der Waals surface area contributed by atoms with Crippen LogP contribution in [0.1, 0.15) is 24.3 Å². The molecule has 1 atom stereocenters. The first-order valence-corrected chi connectivity index (χ1v) is 6.30. The maximum absolute atomic E-state index is 10.5. The second kappa shape index (κ2) is 5.36. The number of carbonyl (C=O) groups excluding carboxylic acids is 1. The Balaban J connectivity index is 1.91. The Morgan fingerprint density at radius 3 is 2.76 bits per heavy atom. The number of rotatable bonds is 3. The van der Waals surface area contributed by atoms with E-state index < -0.39 is 6.09 Å². The van der Waals surface area contributed by atoms with E-state index >= 15 is 0 Å². The molecule has 4 heteroatoms. The van der Waals surface area contributed by atoms with Gasteiger partial charge in [0.25, 0.3) is 0 Å². The van der Waals surface area contributed by atoms with E-state index in [9.17, 15) is 4.79 Å². The molecule has 1 aromatic rings. The van der Waals surface area contributed by atoms with Crippen LogP contribution in [0, 0.1) is 0 Å². The Hall–Kier alpha value is -1.29. The van der Waals surface area contributed by atoms with Crippen LogP contribution in [0.2, 0.25) is 0 Å². The Labute approximate surface area is 109 Å². The normalized spacial score (nSPS) is 18.9. The van der Waals surface area contributed by atoms with Crippen molar-refractivity contribution in [2.45, 2.75) is 18.8 Å². The third-order valence-corrected chi connectivity index (χ3v) is 3.47. The topological polar surface area (TPSA) is 52.3 Å². The van der Waals surface area contributed by atoms with E-state index in [1.54, 1.807) is 0 Å². The van der Waals surface area contributed by atoms with Crippen molar-refractivity contribution in [1.82, 2.24) is 0 Å². The number of halogens is 1. The molecule has 0 aromatic heterocycles. The molecular formula is C13H14BrNO2. The largest absolute Gasteiger partial charge is 0.445 e. The molecule has 1 aromatic carbocycles. The predicted molar refractivity (Wildman–Crippen MR) is 69.7 cm³/mol. The molecule has 2 N–H and O–H groups in total. The zero-order valence-corrected chi connectivity index (χ0v) is 10.9. The summed E-state index contributed by atoms with van der Waals surface area (Å²) in [6.45, 7) is 0.322. The van der Waals surface area contributed by atoms with Gasteiger partial charge in [-0.1, -0.05) is 34.1 Å². The third-order valence-electron chi connectivity index (χ3n) is 2.94. The molecular weight excluding hydrogens is 282 g/mol. The van der Waals surface area contributed by atoms with Crippen molar-refractivity contribution in [1.29, 1.82) is 0 Å². The summed E-state index contributed by atoms with van der Waals surface area (Å²) in [6, 6.07) is 8.35. The fourth-order valence-corrected chi connectivity index (χ4v) is 2.33. The summed E-state index contributed by atoms with van der Waals surface area (Å²) in [5.41, 5.74) is 7.41. The zero-order valence-electron chi connectivity index (χ0n) is 9.36. The summed E-state index contributed by atoms with van der Waals surface area (Å²) in [5.74, 6) is 0.495. The third kappa shape index (κ3) is 3.33. The molecule has 3 nitrogen and oxygen atoms in total. The molecule has 17 heavy (non-hydrogen) atoms. The molecule has 1 amide bonds. The molecule has 0 fully saturated rings. The van der Waals surface area contributed by atoms with Crippen LogP contribution in [-0.2, 0) is 4.74 Å². The number of nitrogens with two attached hydrogens (primary N) is 1. The highest BCUT2D eigenvalue weighted by molar-refractivity contribution is 9.10. The molecule has 0 aliphatic heterocycles. The molecule has 0 saturated heterocycles. The Bertz CT molecular complexity index is 439. The lowest BCUT2D eigenvalue weighted by Gasteiger charge is -2.10. The number of allylic oxidation sites excluding steroid dienone is 1. The molecule has 2 rings (SSSR count). The van der Waals surface area contributed by atoms with Gasteiger partial charge in [0.05, 0.1) is 0 Å². The Kier molecular flexibility index (Phi) is 3.84. The van der Waals surface area contributed by atoms with Crippen LogP contribution in [0.4, 0.5) is 4.79 Å². The van der Waals surface area contributed by atoms with Crippen molar-refractivity contribution >= 4 is 22.0 Å². The summed E-state index contributed by atoms with van der Waals surface area (Å²) in [5, 5.41) is 0. The summed E-state index contributed by atoms with van der Waals surface area (Å²) in [7, 11) is 0. The second-order valence-corrected chi connectivity index (χ2v) is 5.07. The lowest BCUT2D eigenvalue weighted by molar-refractivity contribution is 0.166. The summed E-state index contributed by atoms with van der Waals surface area (Å²) in [4.78, 5) is 10.5. The van der Waals surface area contributed by atoms with Gasteiger partial charge in [-0.15, -0.1) is 0 Å². The van der Waals surface area contributed by atoms with Crippen LogP contribution < -0.4 is 5.73 Å². The fourth-order valence-electron chi connectivity index (χ4n) is 2.06. The van der Waals surface area contributed by atoms with Crippen molar-refractivity contribution in [2.24, 2.45) is 5.73 Å². The number of primary amides is 1. The molecule has 0 saturated carbocycles. The van der Waals surface area contributed by atoms with Gasteiger partial charge in [0, 0.05) is 4.47 Å². The number of carbonyl (C=O) groups is 1. The molecule has 0 spiro atoms. The lowest BCUT2D eigenvalue weighted by Crippen LogP contribution is -2.14. The van der Waals surface area contributed by atoms with Crippen molar-refractivity contribution in [2.75, 3.05) is 6.61 Å².